The van der Waals surface area contributed by atoms with Crippen LogP contribution in [0.4, 0.5) is 0 Å². The van der Waals surface area contributed by atoms with Gasteiger partial charge in [0.05, 0.1) is 19.6 Å². The van der Waals surface area contributed by atoms with Gasteiger partial charge in [-0.15, -0.1) is 0 Å². The van der Waals surface area contributed by atoms with Crippen LogP contribution >= 0.6 is 0 Å². The Bertz CT molecular complexity index is 757. The van der Waals surface area contributed by atoms with Crippen molar-refractivity contribution < 1.29 is 19.1 Å². The Morgan fingerprint density at radius 1 is 1.00 bits per heavy atom. The molecule has 0 spiro atoms. The highest BCUT2D eigenvalue weighted by Gasteiger charge is 2.49. The van der Waals surface area contributed by atoms with Crippen molar-refractivity contribution in [1.82, 2.24) is 0 Å². The highest BCUT2D eigenvalue weighted by atomic mass is 28.4. The third-order valence-electron chi connectivity index (χ3n) is 5.22. The van der Waals surface area contributed by atoms with Gasteiger partial charge in [-0.25, -0.2) is 0 Å². The number of rotatable bonds is 10. The van der Waals surface area contributed by atoms with Crippen molar-refractivity contribution in [2.24, 2.45) is 0 Å². The fourth-order valence-electron chi connectivity index (χ4n) is 3.77. The Kier molecular flexibility index (Phi) is 9.02. The van der Waals surface area contributed by atoms with Crippen molar-refractivity contribution in [3.63, 3.8) is 0 Å². The van der Waals surface area contributed by atoms with Crippen LogP contribution < -0.4 is 10.4 Å². The number of esters is 1. The average Bonchev–Trinajstić information content (AvgIpc) is 2.73. The molecule has 4 nitrogen and oxygen atoms in total. The van der Waals surface area contributed by atoms with Crippen LogP contribution in [-0.2, 0) is 14.0 Å². The van der Waals surface area contributed by atoms with Crippen LogP contribution in [-0.4, -0.2) is 39.2 Å². The van der Waals surface area contributed by atoms with Crippen molar-refractivity contribution in [1.29, 1.82) is 0 Å². The number of aliphatic hydroxyl groups excluding tert-OH is 1. The lowest BCUT2D eigenvalue weighted by molar-refractivity contribution is -0.142. The molecule has 0 aliphatic carbocycles. The third-order valence-corrected chi connectivity index (χ3v) is 10.3. The maximum atomic E-state index is 11.2. The quantitative estimate of drug-likeness (QED) is 0.272. The van der Waals surface area contributed by atoms with Gasteiger partial charge in [0, 0.05) is 6.61 Å². The molecule has 30 heavy (non-hydrogen) atoms. The lowest BCUT2D eigenvalue weighted by atomic mass is 10.2. The molecule has 0 heterocycles. The van der Waals surface area contributed by atoms with E-state index in [-0.39, 0.29) is 11.5 Å². The van der Waals surface area contributed by atoms with Crippen molar-refractivity contribution >= 4 is 24.7 Å². The minimum Gasteiger partial charge on any atom is -0.469 e. The van der Waals surface area contributed by atoms with Gasteiger partial charge in [-0.1, -0.05) is 93.6 Å². The van der Waals surface area contributed by atoms with Crippen LogP contribution in [0.1, 0.15) is 40.0 Å². The maximum absolute atomic E-state index is 11.2. The number of hydrogen-bond donors (Lipinski definition) is 1. The summed E-state index contributed by atoms with van der Waals surface area (Å²) in [6, 6.07) is 21.1. The standard InChI is InChI=1S/C25H34O4Si/c1-25(2,3)30(22-15-9-5-10-16-22,23-17-11-6-12-18-23)29-19-13-7-8-14-21(26)20-24(27)28-4/h5-12,15-18,21,26H,13-14,19-20H2,1-4H3/b8-7+. The number of carbonyl (C=O) groups is 1. The van der Waals surface area contributed by atoms with E-state index in [2.05, 4.69) is 74.0 Å². The number of aliphatic hydroxyl groups is 1. The molecule has 1 unspecified atom stereocenters. The van der Waals surface area contributed by atoms with Gasteiger partial charge in [-0.2, -0.15) is 0 Å². The molecule has 1 N–H and O–H groups in total. The molecule has 2 rings (SSSR count). The summed E-state index contributed by atoms with van der Waals surface area (Å²) >= 11 is 0. The Morgan fingerprint density at radius 3 is 2.00 bits per heavy atom. The minimum atomic E-state index is -2.50. The van der Waals surface area contributed by atoms with Crippen molar-refractivity contribution in [3.8, 4) is 0 Å². The second-order valence-corrected chi connectivity index (χ2v) is 12.7. The van der Waals surface area contributed by atoms with E-state index >= 15 is 0 Å². The van der Waals surface area contributed by atoms with Gasteiger partial charge in [0.25, 0.3) is 8.32 Å². The monoisotopic (exact) mass is 426 g/mol. The van der Waals surface area contributed by atoms with E-state index < -0.39 is 20.4 Å². The first-order chi connectivity index (χ1) is 14.3. The zero-order valence-electron chi connectivity index (χ0n) is 18.5. The largest absolute Gasteiger partial charge is 0.469 e. The van der Waals surface area contributed by atoms with E-state index in [0.29, 0.717) is 13.0 Å². The van der Waals surface area contributed by atoms with Crippen molar-refractivity contribution in [2.75, 3.05) is 13.7 Å². The number of methoxy groups -OCH3 is 1. The van der Waals surface area contributed by atoms with Crippen molar-refractivity contribution in [3.05, 3.63) is 72.8 Å². The highest BCUT2D eigenvalue weighted by Crippen LogP contribution is 2.36. The Balaban J connectivity index is 2.14. The van der Waals surface area contributed by atoms with E-state index in [0.717, 1.165) is 6.42 Å². The molecule has 0 amide bonds. The lowest BCUT2D eigenvalue weighted by Gasteiger charge is -2.43. The molecule has 0 aliphatic rings. The first kappa shape index (κ1) is 24.1. The Labute approximate surface area is 181 Å². The van der Waals surface area contributed by atoms with E-state index in [1.807, 2.05) is 24.3 Å². The highest BCUT2D eigenvalue weighted by molar-refractivity contribution is 6.99. The summed E-state index contributed by atoms with van der Waals surface area (Å²) in [7, 11) is -1.18. The summed E-state index contributed by atoms with van der Waals surface area (Å²) in [6.07, 6.45) is 4.38. The topological polar surface area (TPSA) is 55.8 Å². The van der Waals surface area contributed by atoms with E-state index in [4.69, 9.17) is 4.43 Å². The summed E-state index contributed by atoms with van der Waals surface area (Å²) in [5.74, 6) is -0.397. The fraction of sp³-hybridized carbons (Fsp3) is 0.400. The van der Waals surface area contributed by atoms with E-state index in [9.17, 15) is 9.90 Å². The number of carbonyl (C=O) groups excluding carboxylic acids is 1. The molecule has 2 aromatic rings. The van der Waals surface area contributed by atoms with Crippen molar-refractivity contribution in [2.45, 2.75) is 51.2 Å². The first-order valence-corrected chi connectivity index (χ1v) is 12.4. The van der Waals surface area contributed by atoms with E-state index in [1.165, 1.54) is 17.5 Å². The van der Waals surface area contributed by atoms with Crippen LogP contribution in [0.25, 0.3) is 0 Å². The van der Waals surface area contributed by atoms with E-state index in [1.54, 1.807) is 0 Å². The smallest absolute Gasteiger partial charge is 0.308 e. The molecule has 2 aromatic carbocycles. The van der Waals surface area contributed by atoms with Crippen LogP contribution in [0.2, 0.25) is 5.04 Å². The van der Waals surface area contributed by atoms with Gasteiger partial charge in [0.15, 0.2) is 0 Å². The molecule has 1 atom stereocenters. The summed E-state index contributed by atoms with van der Waals surface area (Å²) in [4.78, 5) is 11.2. The molecule has 0 aliphatic heterocycles. The Hall–Kier alpha value is -2.21. The Morgan fingerprint density at radius 2 is 1.53 bits per heavy atom. The summed E-state index contributed by atoms with van der Waals surface area (Å²) < 4.78 is 11.4. The van der Waals surface area contributed by atoms with Crippen LogP contribution in [0.15, 0.2) is 72.8 Å². The second-order valence-electron chi connectivity index (χ2n) is 8.44. The molecule has 0 saturated heterocycles. The summed E-state index contributed by atoms with van der Waals surface area (Å²) in [6.45, 7) is 7.38. The molecule has 0 fully saturated rings. The fourth-order valence-corrected chi connectivity index (χ4v) is 8.35. The van der Waals surface area contributed by atoms with Gasteiger partial charge >= 0.3 is 5.97 Å². The lowest BCUT2D eigenvalue weighted by Crippen LogP contribution is -2.66. The molecular formula is C25H34O4Si. The molecule has 5 heteroatoms. The third kappa shape index (κ3) is 6.14. The summed E-state index contributed by atoms with van der Waals surface area (Å²) in [5.41, 5.74) is 0. The number of ether oxygens (including phenoxy) is 1. The average molecular weight is 427 g/mol. The summed E-state index contributed by atoms with van der Waals surface area (Å²) in [5, 5.41) is 12.3. The molecule has 0 bridgehead atoms. The number of hydrogen-bond acceptors (Lipinski definition) is 4. The molecular weight excluding hydrogens is 392 g/mol. The van der Waals surface area contributed by atoms with Gasteiger partial charge in [-0.3, -0.25) is 4.79 Å². The molecule has 162 valence electrons. The van der Waals surface area contributed by atoms with Gasteiger partial charge in [-0.05, 0) is 28.3 Å². The normalized spacial score (nSPS) is 13.4. The first-order valence-electron chi connectivity index (χ1n) is 10.5. The van der Waals surface area contributed by atoms with Crippen LogP contribution in [0.3, 0.4) is 0 Å². The predicted octanol–water partition coefficient (Wildman–Crippen LogP) is 3.82. The van der Waals surface area contributed by atoms with Gasteiger partial charge < -0.3 is 14.3 Å². The minimum absolute atomic E-state index is 0.0133. The zero-order valence-corrected chi connectivity index (χ0v) is 19.5. The SMILES string of the molecule is COC(=O)CC(O)C/C=C/CCO[Si](c1ccccc1)(c1ccccc1)C(C)(C)C. The number of benzene rings is 2. The van der Waals surface area contributed by atoms with Gasteiger partial charge in [0.1, 0.15) is 0 Å². The predicted molar refractivity (Wildman–Crippen MR) is 125 cm³/mol. The van der Waals surface area contributed by atoms with Gasteiger partial charge in [0.2, 0.25) is 0 Å². The maximum Gasteiger partial charge on any atom is 0.308 e. The molecule has 0 saturated carbocycles. The van der Waals surface area contributed by atoms with Crippen LogP contribution in [0.5, 0.6) is 0 Å². The second kappa shape index (κ2) is 11.3. The van der Waals surface area contributed by atoms with Crippen LogP contribution in [0, 0.1) is 0 Å². The molecule has 0 aromatic heterocycles. The molecule has 0 radical (unpaired) electrons. The zero-order chi connectivity index (χ0) is 22.0.